The van der Waals surface area contributed by atoms with Crippen LogP contribution in [0.1, 0.15) is 77.7 Å². The Kier molecular flexibility index (Phi) is 16.8. The Hall–Kier alpha value is -4.95. The minimum atomic E-state index is -1.39. The molecule has 2 fully saturated rings. The highest BCUT2D eigenvalue weighted by Gasteiger charge is 2.55. The normalized spacial score (nSPS) is 27.1. The van der Waals surface area contributed by atoms with Crippen molar-refractivity contribution in [3.8, 4) is 29.4 Å². The summed E-state index contributed by atoms with van der Waals surface area (Å²) in [6.07, 6.45) is 1.08. The van der Waals surface area contributed by atoms with E-state index < -0.39 is 53.6 Å². The molecule has 2 aliphatic heterocycles. The fraction of sp³-hybridized carbons (Fsp3) is 0.479. The van der Waals surface area contributed by atoms with Crippen LogP contribution in [0.5, 0.6) is 5.75 Å². The lowest BCUT2D eigenvalue weighted by molar-refractivity contribution is -0.302. The van der Waals surface area contributed by atoms with Gasteiger partial charge in [0.1, 0.15) is 28.4 Å². The average Bonchev–Trinajstić information content (AvgIpc) is 3.64. The largest absolute Gasteiger partial charge is 0.508 e. The minimum absolute atomic E-state index is 0.0319. The molecule has 7 unspecified atom stereocenters. The second-order valence-corrected chi connectivity index (χ2v) is 18.5. The van der Waals surface area contributed by atoms with E-state index in [0.717, 1.165) is 30.7 Å². The van der Waals surface area contributed by atoms with Gasteiger partial charge in [-0.15, -0.1) is 17.7 Å². The number of hydrogen-bond donors (Lipinski definition) is 5. The molecule has 1 amide bonds. The summed E-state index contributed by atoms with van der Waals surface area (Å²) >= 11 is 2.28. The van der Waals surface area contributed by atoms with Gasteiger partial charge >= 0.3 is 6.09 Å². The van der Waals surface area contributed by atoms with Gasteiger partial charge < -0.3 is 44.2 Å². The number of aromatic hydroxyl groups is 1. The molecule has 3 aromatic rings. The summed E-state index contributed by atoms with van der Waals surface area (Å²) in [5.41, 5.74) is 1.41. The second kappa shape index (κ2) is 22.0. The van der Waals surface area contributed by atoms with E-state index in [0.29, 0.717) is 22.8 Å². The Balaban J connectivity index is 1.46. The third-order valence-electron chi connectivity index (χ3n) is 11.5. The van der Waals surface area contributed by atoms with Crippen LogP contribution in [0.15, 0.2) is 65.5 Å². The number of aromatic amines is 1. The van der Waals surface area contributed by atoms with Crippen LogP contribution in [0, 0.1) is 23.7 Å². The Morgan fingerprint density at radius 3 is 2.58 bits per heavy atom. The number of H-pyrrole nitrogens is 1. The number of aliphatic hydroxyl groups is 1. The topological polar surface area (TPSA) is 208 Å². The zero-order valence-electron chi connectivity index (χ0n) is 37.7. The average molecular weight is 929 g/mol. The lowest BCUT2D eigenvalue weighted by atomic mass is 9.84. The summed E-state index contributed by atoms with van der Waals surface area (Å²) < 4.78 is 30.5. The molecule has 0 saturated carbocycles. The van der Waals surface area contributed by atoms with Crippen molar-refractivity contribution in [2.75, 3.05) is 19.1 Å². The highest BCUT2D eigenvalue weighted by atomic mass is 32.2. The molecule has 15 nitrogen and oxygen atoms in total. The summed E-state index contributed by atoms with van der Waals surface area (Å²) in [6, 6.07) is 7.02. The minimum Gasteiger partial charge on any atom is -0.508 e. The van der Waals surface area contributed by atoms with Gasteiger partial charge in [0.15, 0.2) is 23.5 Å². The SMILES string of the molecule is CC#C/C=C\C#C[C@H](OC1OC(C)C(SC)(C(=O)c2nccc3c2[nH]c2ccc(O)cc23)CC1OC1CCC(NC(C)C)C(C)O1)C1=C(NC(=O)OC)C(=O)C[C@H](O)/C1=C/CSC(C)=O. The van der Waals surface area contributed by atoms with Crippen LogP contribution < -0.4 is 10.6 Å². The predicted octanol–water partition coefficient (Wildman–Crippen LogP) is 6.24. The number of benzene rings is 1. The molecule has 0 bridgehead atoms. The fourth-order valence-electron chi connectivity index (χ4n) is 8.42. The van der Waals surface area contributed by atoms with Crippen LogP contribution in [-0.4, -0.2) is 122 Å². The first-order valence-electron chi connectivity index (χ1n) is 21.4. The number of phenolic OH excluding ortho intramolecular Hbond substituents is 1. The number of nitrogens with zero attached hydrogens (tertiary/aromatic N) is 1. The predicted molar refractivity (Wildman–Crippen MR) is 250 cm³/mol. The Bertz CT molecular complexity index is 2510. The fourth-order valence-corrected chi connectivity index (χ4v) is 9.92. The molecule has 2 saturated heterocycles. The highest BCUT2D eigenvalue weighted by molar-refractivity contribution is 8.13. The number of aliphatic hydroxyl groups excluding tert-OH is 1. The number of Topliss-reactive ketones (excluding diaryl/α,β-unsaturated/α-hetero) is 2. The number of ketones is 2. The maximum Gasteiger partial charge on any atom is 0.411 e. The molecule has 5 N–H and O–H groups in total. The standard InChI is InChI=1S/C48H56N4O11S2/c1-9-10-11-12-13-14-38(41-32(20-22-65-29(6)53)36(55)24-37(56)43(41)52-47(58)59-7)63-46-39(62-40-18-17-34(27(4)60-40)50-26(2)3)25-48(64-8,28(5)61-46)45(57)44-42-31(19-21-49-44)33-23-30(54)15-16-35(33)51-42/h11-12,15-16,19-21,23,26-28,34,36,38-40,46,50-51,54-55H,17-18,22,24-25H2,1-8H3,(H,52,58)/b12-11-,32-20-/t27?,28?,34?,36-,38-,39?,40?,46?,48?/m0/s1. The summed E-state index contributed by atoms with van der Waals surface area (Å²) in [5, 5.41) is 29.1. The number of nitrogens with one attached hydrogen (secondary N) is 3. The van der Waals surface area contributed by atoms with Crippen molar-refractivity contribution >= 4 is 68.1 Å². The Morgan fingerprint density at radius 2 is 1.89 bits per heavy atom. The molecule has 1 aliphatic carbocycles. The number of carbonyl (C=O) groups excluding carboxylic acids is 4. The van der Waals surface area contributed by atoms with Gasteiger partial charge in [0.05, 0.1) is 36.6 Å². The van der Waals surface area contributed by atoms with Gasteiger partial charge in [-0.3, -0.25) is 24.7 Å². The van der Waals surface area contributed by atoms with Gasteiger partial charge in [-0.05, 0) is 81.9 Å². The number of alkyl carbamates (subject to hydrolysis) is 1. The van der Waals surface area contributed by atoms with Crippen LogP contribution >= 0.6 is 23.5 Å². The molecule has 17 heteroatoms. The Labute approximate surface area is 387 Å². The Morgan fingerprint density at radius 1 is 1.12 bits per heavy atom. The van der Waals surface area contributed by atoms with E-state index in [4.69, 9.17) is 23.7 Å². The zero-order valence-corrected chi connectivity index (χ0v) is 39.3. The van der Waals surface area contributed by atoms with Crippen molar-refractivity contribution in [1.29, 1.82) is 0 Å². The van der Waals surface area contributed by atoms with Crippen molar-refractivity contribution in [2.24, 2.45) is 0 Å². The smallest absolute Gasteiger partial charge is 0.411 e. The first-order valence-corrected chi connectivity index (χ1v) is 23.6. The van der Waals surface area contributed by atoms with Gasteiger partial charge in [-0.2, -0.15) is 0 Å². The van der Waals surface area contributed by atoms with Gasteiger partial charge in [0.25, 0.3) is 0 Å². The molecular formula is C48H56N4O11S2. The third-order valence-corrected chi connectivity index (χ3v) is 13.7. The van der Waals surface area contributed by atoms with Crippen molar-refractivity contribution in [1.82, 2.24) is 20.6 Å². The lowest BCUT2D eigenvalue weighted by Gasteiger charge is -2.48. The van der Waals surface area contributed by atoms with E-state index in [9.17, 15) is 24.6 Å². The number of rotatable bonds is 13. The van der Waals surface area contributed by atoms with Crippen molar-refractivity contribution in [2.45, 2.75) is 127 Å². The molecule has 65 heavy (non-hydrogen) atoms. The molecule has 0 spiro atoms. The van der Waals surface area contributed by atoms with Crippen LogP contribution in [0.25, 0.3) is 21.8 Å². The number of allylic oxidation sites excluding steroid dienone is 3. The molecule has 9 atom stereocenters. The zero-order chi connectivity index (χ0) is 47.0. The number of aromatic nitrogens is 2. The first kappa shape index (κ1) is 49.5. The van der Waals surface area contributed by atoms with E-state index in [2.05, 4.69) is 58.1 Å². The highest BCUT2D eigenvalue weighted by Crippen LogP contribution is 2.45. The number of fused-ring (bicyclic) bond motifs is 3. The van der Waals surface area contributed by atoms with E-state index in [-0.39, 0.29) is 76.0 Å². The molecule has 3 aliphatic rings. The van der Waals surface area contributed by atoms with Crippen molar-refractivity contribution in [3.63, 3.8) is 0 Å². The number of hydrogen-bond acceptors (Lipinski definition) is 15. The summed E-state index contributed by atoms with van der Waals surface area (Å²) in [5.74, 6) is 10.8. The molecule has 6 rings (SSSR count). The van der Waals surface area contributed by atoms with Crippen molar-refractivity contribution in [3.05, 3.63) is 71.2 Å². The monoisotopic (exact) mass is 928 g/mol. The summed E-state index contributed by atoms with van der Waals surface area (Å²) in [7, 11) is 1.15. The molecule has 1 aromatic carbocycles. The number of phenols is 1. The maximum absolute atomic E-state index is 15.2. The quantitative estimate of drug-likeness (QED) is 0.0951. The number of pyridine rings is 1. The van der Waals surface area contributed by atoms with Crippen LogP contribution in [0.2, 0.25) is 0 Å². The van der Waals surface area contributed by atoms with Crippen LogP contribution in [0.4, 0.5) is 4.79 Å². The van der Waals surface area contributed by atoms with E-state index in [1.807, 2.05) is 13.2 Å². The number of amides is 1. The number of ether oxygens (including phenoxy) is 5. The van der Waals surface area contributed by atoms with Crippen LogP contribution in [0.3, 0.4) is 0 Å². The number of carbonyl (C=O) groups is 4. The van der Waals surface area contributed by atoms with Gasteiger partial charge in [0.2, 0.25) is 5.78 Å². The molecule has 346 valence electrons. The number of thioether (sulfide) groups is 2. The van der Waals surface area contributed by atoms with Crippen molar-refractivity contribution < 1.29 is 53.1 Å². The third kappa shape index (κ3) is 11.4. The van der Waals surface area contributed by atoms with Gasteiger partial charge in [-0.1, -0.05) is 49.4 Å². The molecule has 0 radical (unpaired) electrons. The maximum atomic E-state index is 15.2. The van der Waals surface area contributed by atoms with Gasteiger partial charge in [-0.25, -0.2) is 4.79 Å². The van der Waals surface area contributed by atoms with E-state index in [1.54, 1.807) is 50.4 Å². The van der Waals surface area contributed by atoms with E-state index >= 15 is 4.79 Å². The number of methoxy groups -OCH3 is 1. The second-order valence-electron chi connectivity index (χ2n) is 16.2. The van der Waals surface area contributed by atoms with E-state index in [1.165, 1.54) is 30.8 Å². The molecular weight excluding hydrogens is 873 g/mol. The van der Waals surface area contributed by atoms with Gasteiger partial charge in [0, 0.05) is 65.7 Å². The van der Waals surface area contributed by atoms with Crippen LogP contribution in [-0.2, 0) is 33.3 Å². The lowest BCUT2D eigenvalue weighted by Crippen LogP contribution is -2.60. The summed E-state index contributed by atoms with van der Waals surface area (Å²) in [4.78, 5) is 61.7. The first-order chi connectivity index (χ1) is 31.1. The molecule has 2 aromatic heterocycles. The molecule has 4 heterocycles. The summed E-state index contributed by atoms with van der Waals surface area (Å²) in [6.45, 7) is 11.0.